The van der Waals surface area contributed by atoms with E-state index in [1.54, 1.807) is 6.08 Å². The van der Waals surface area contributed by atoms with Gasteiger partial charge in [0.05, 0.1) is 11.4 Å². The van der Waals surface area contributed by atoms with Crippen LogP contribution in [0.1, 0.15) is 20.8 Å². The van der Waals surface area contributed by atoms with Gasteiger partial charge in [0.1, 0.15) is 0 Å². The Hall–Kier alpha value is -1.70. The summed E-state index contributed by atoms with van der Waals surface area (Å²) in [5.41, 5.74) is 1.72. The van der Waals surface area contributed by atoms with E-state index in [1.165, 1.54) is 0 Å². The predicted octanol–water partition coefficient (Wildman–Crippen LogP) is 4.56. The molecule has 0 heterocycles. The van der Waals surface area contributed by atoms with Crippen molar-refractivity contribution in [2.24, 2.45) is 10.2 Å². The first-order chi connectivity index (χ1) is 7.24. The minimum Gasteiger partial charge on any atom is -0.155 e. The van der Waals surface area contributed by atoms with Crippen LogP contribution in [-0.4, -0.2) is 0 Å². The van der Waals surface area contributed by atoms with E-state index >= 15 is 0 Å². The molecular weight excluding hydrogens is 184 g/mol. The maximum absolute atomic E-state index is 4.08. The lowest BCUT2D eigenvalue weighted by Gasteiger charge is -1.90. The zero-order valence-corrected chi connectivity index (χ0v) is 9.64. The number of hydrogen-bond donors (Lipinski definition) is 0. The number of rotatable bonds is 5. The second-order valence-electron chi connectivity index (χ2n) is 2.84. The number of allylic oxidation sites excluding steroid dienone is 8. The SMILES string of the molecule is C=C\C=C/C=C(C)/N=N\C(\C=C/C)=C\C. The second-order valence-corrected chi connectivity index (χ2v) is 2.84. The van der Waals surface area contributed by atoms with Crippen molar-refractivity contribution in [3.8, 4) is 0 Å². The largest absolute Gasteiger partial charge is 0.155 e. The molecule has 0 aromatic rings. The quantitative estimate of drug-likeness (QED) is 0.461. The lowest BCUT2D eigenvalue weighted by atomic mass is 10.4. The van der Waals surface area contributed by atoms with Crippen LogP contribution >= 0.6 is 0 Å². The first-order valence-electron chi connectivity index (χ1n) is 4.91. The van der Waals surface area contributed by atoms with Gasteiger partial charge < -0.3 is 0 Å². The summed E-state index contributed by atoms with van der Waals surface area (Å²) in [5, 5.41) is 8.15. The maximum atomic E-state index is 4.08. The summed E-state index contributed by atoms with van der Waals surface area (Å²) in [6.07, 6.45) is 13.1. The smallest absolute Gasteiger partial charge is 0.0811 e. The third kappa shape index (κ3) is 7.38. The highest BCUT2D eigenvalue weighted by molar-refractivity contribution is 5.17. The third-order valence-corrected chi connectivity index (χ3v) is 1.54. The summed E-state index contributed by atoms with van der Waals surface area (Å²) in [6, 6.07) is 0. The molecule has 0 atom stereocenters. The monoisotopic (exact) mass is 202 g/mol. The van der Waals surface area contributed by atoms with Gasteiger partial charge >= 0.3 is 0 Å². The van der Waals surface area contributed by atoms with Crippen molar-refractivity contribution < 1.29 is 0 Å². The Morgan fingerprint density at radius 3 is 2.40 bits per heavy atom. The van der Waals surface area contributed by atoms with E-state index in [-0.39, 0.29) is 0 Å². The van der Waals surface area contributed by atoms with Crippen molar-refractivity contribution >= 4 is 0 Å². The van der Waals surface area contributed by atoms with Crippen LogP contribution in [0.5, 0.6) is 0 Å². The highest BCUT2D eigenvalue weighted by Gasteiger charge is 1.85. The number of azo groups is 1. The van der Waals surface area contributed by atoms with Crippen molar-refractivity contribution in [2.45, 2.75) is 20.8 Å². The molecule has 0 amide bonds. The van der Waals surface area contributed by atoms with Crippen LogP contribution in [0, 0.1) is 0 Å². The van der Waals surface area contributed by atoms with Gasteiger partial charge in [0.15, 0.2) is 0 Å². The number of nitrogens with zero attached hydrogens (tertiary/aromatic N) is 2. The maximum Gasteiger partial charge on any atom is 0.0811 e. The lowest BCUT2D eigenvalue weighted by Crippen LogP contribution is -1.70. The zero-order valence-electron chi connectivity index (χ0n) is 9.64. The average Bonchev–Trinajstić information content (AvgIpc) is 2.24. The van der Waals surface area contributed by atoms with E-state index in [0.717, 1.165) is 11.4 Å². The Bertz CT molecular complexity index is 328. The predicted molar refractivity (Wildman–Crippen MR) is 66.5 cm³/mol. The summed E-state index contributed by atoms with van der Waals surface area (Å²) >= 11 is 0. The fraction of sp³-hybridized carbons (Fsp3) is 0.231. The van der Waals surface area contributed by atoms with E-state index in [4.69, 9.17) is 0 Å². The zero-order chi connectivity index (χ0) is 11.5. The normalized spacial score (nSPS) is 14.6. The van der Waals surface area contributed by atoms with Crippen LogP contribution in [-0.2, 0) is 0 Å². The standard InChI is InChI=1S/C13H18N2/c1-5-8-9-11-12(4)14-15-13(7-3)10-6-2/h5-11H,1H2,2-4H3/b9-8-,10-6-,12-11+,13-7+,15-14-. The van der Waals surface area contributed by atoms with Crippen molar-refractivity contribution in [1.82, 2.24) is 0 Å². The molecule has 0 rings (SSSR count). The molecule has 2 nitrogen and oxygen atoms in total. The molecule has 0 fully saturated rings. The van der Waals surface area contributed by atoms with Crippen LogP contribution < -0.4 is 0 Å². The summed E-state index contributed by atoms with van der Waals surface area (Å²) in [6.45, 7) is 9.37. The van der Waals surface area contributed by atoms with E-state index in [1.807, 2.05) is 57.2 Å². The lowest BCUT2D eigenvalue weighted by molar-refractivity contribution is 1.08. The summed E-state index contributed by atoms with van der Waals surface area (Å²) in [5.74, 6) is 0. The average molecular weight is 202 g/mol. The van der Waals surface area contributed by atoms with Gasteiger partial charge in [-0.25, -0.2) is 0 Å². The van der Waals surface area contributed by atoms with Gasteiger partial charge in [0, 0.05) is 0 Å². The van der Waals surface area contributed by atoms with Crippen LogP contribution in [0.25, 0.3) is 0 Å². The Kier molecular flexibility index (Phi) is 7.87. The van der Waals surface area contributed by atoms with Crippen molar-refractivity contribution in [1.29, 1.82) is 0 Å². The van der Waals surface area contributed by atoms with Gasteiger partial charge in [0.2, 0.25) is 0 Å². The number of hydrogen-bond acceptors (Lipinski definition) is 2. The molecule has 0 aliphatic carbocycles. The van der Waals surface area contributed by atoms with E-state index in [2.05, 4.69) is 16.8 Å². The van der Waals surface area contributed by atoms with Crippen LogP contribution in [0.3, 0.4) is 0 Å². The Labute approximate surface area is 92.1 Å². The van der Waals surface area contributed by atoms with Crippen molar-refractivity contribution in [3.63, 3.8) is 0 Å². The first kappa shape index (κ1) is 13.3. The molecule has 15 heavy (non-hydrogen) atoms. The summed E-state index contributed by atoms with van der Waals surface area (Å²) < 4.78 is 0. The fourth-order valence-electron chi connectivity index (χ4n) is 0.801. The third-order valence-electron chi connectivity index (χ3n) is 1.54. The van der Waals surface area contributed by atoms with Crippen molar-refractivity contribution in [3.05, 3.63) is 60.5 Å². The molecule has 2 heteroatoms. The van der Waals surface area contributed by atoms with Gasteiger partial charge in [-0.1, -0.05) is 37.0 Å². The molecule has 0 aromatic heterocycles. The van der Waals surface area contributed by atoms with Crippen LogP contribution in [0.15, 0.2) is 70.7 Å². The second kappa shape index (κ2) is 8.88. The molecule has 80 valence electrons. The van der Waals surface area contributed by atoms with Gasteiger partial charge in [-0.15, -0.1) is 0 Å². The topological polar surface area (TPSA) is 24.7 Å². The van der Waals surface area contributed by atoms with Crippen LogP contribution in [0.4, 0.5) is 0 Å². The van der Waals surface area contributed by atoms with Gasteiger partial charge in [-0.05, 0) is 32.9 Å². The molecule has 0 aromatic carbocycles. The van der Waals surface area contributed by atoms with Gasteiger partial charge in [0.25, 0.3) is 0 Å². The van der Waals surface area contributed by atoms with Gasteiger partial charge in [-0.3, -0.25) is 0 Å². The van der Waals surface area contributed by atoms with Crippen LogP contribution in [0.2, 0.25) is 0 Å². The molecule has 0 aliphatic rings. The van der Waals surface area contributed by atoms with E-state index < -0.39 is 0 Å². The molecular formula is C13H18N2. The molecule has 0 unspecified atom stereocenters. The molecule has 0 saturated heterocycles. The summed E-state index contributed by atoms with van der Waals surface area (Å²) in [7, 11) is 0. The summed E-state index contributed by atoms with van der Waals surface area (Å²) in [4.78, 5) is 0. The van der Waals surface area contributed by atoms with E-state index in [9.17, 15) is 0 Å². The van der Waals surface area contributed by atoms with E-state index in [0.29, 0.717) is 0 Å². The fourth-order valence-corrected chi connectivity index (χ4v) is 0.801. The molecule has 0 bridgehead atoms. The highest BCUT2D eigenvalue weighted by atomic mass is 15.1. The molecule has 0 saturated carbocycles. The van der Waals surface area contributed by atoms with Gasteiger partial charge in [-0.2, -0.15) is 10.2 Å². The Balaban J connectivity index is 4.44. The molecule has 0 radical (unpaired) electrons. The Morgan fingerprint density at radius 1 is 1.13 bits per heavy atom. The molecule has 0 aliphatic heterocycles. The molecule has 0 N–H and O–H groups in total. The Morgan fingerprint density at radius 2 is 1.87 bits per heavy atom. The first-order valence-corrected chi connectivity index (χ1v) is 4.91. The van der Waals surface area contributed by atoms with Crippen molar-refractivity contribution in [2.75, 3.05) is 0 Å². The molecule has 0 spiro atoms. The highest BCUT2D eigenvalue weighted by Crippen LogP contribution is 2.04. The minimum absolute atomic E-state index is 0.858. The minimum atomic E-state index is 0.858.